The Bertz CT molecular complexity index is 846. The van der Waals surface area contributed by atoms with Crippen molar-refractivity contribution in [1.29, 1.82) is 0 Å². The molecule has 2 aromatic carbocycles. The van der Waals surface area contributed by atoms with Crippen LogP contribution in [0.5, 0.6) is 0 Å². The van der Waals surface area contributed by atoms with E-state index >= 15 is 0 Å². The number of nitrogens with one attached hydrogen (secondary N) is 1. The van der Waals surface area contributed by atoms with Crippen LogP contribution in [0.2, 0.25) is 5.02 Å². The molecule has 5 nitrogen and oxygen atoms in total. The fourth-order valence-electron chi connectivity index (χ4n) is 2.73. The molecular weight excluding hydrogens is 390 g/mol. The molecule has 2 rings (SSSR count). The fraction of sp³-hybridized carbons (Fsp3) is 0.348. The monoisotopic (exact) mass is 415 g/mol. The summed E-state index contributed by atoms with van der Waals surface area (Å²) >= 11 is 5.85. The molecule has 0 fully saturated rings. The molecule has 1 N–H and O–H groups in total. The minimum Gasteiger partial charge on any atom is -0.456 e. The van der Waals surface area contributed by atoms with E-state index in [1.165, 1.54) is 0 Å². The van der Waals surface area contributed by atoms with E-state index in [1.807, 2.05) is 32.9 Å². The highest BCUT2D eigenvalue weighted by atomic mass is 35.5. The summed E-state index contributed by atoms with van der Waals surface area (Å²) in [7, 11) is 0. The highest BCUT2D eigenvalue weighted by Crippen LogP contribution is 2.14. The summed E-state index contributed by atoms with van der Waals surface area (Å²) in [5.41, 5.74) is 2.00. The van der Waals surface area contributed by atoms with Crippen LogP contribution in [0, 0.1) is 5.92 Å². The number of hydrogen-bond acceptors (Lipinski definition) is 4. The quantitative estimate of drug-likeness (QED) is 0.484. The van der Waals surface area contributed by atoms with Crippen LogP contribution in [0.4, 0.5) is 0 Å². The maximum atomic E-state index is 12.6. The number of Topliss-reactive ketones (excluding diaryl/α,β-unsaturated/α-hetero) is 1. The lowest BCUT2D eigenvalue weighted by Crippen LogP contribution is -2.46. The Morgan fingerprint density at radius 3 is 2.10 bits per heavy atom. The van der Waals surface area contributed by atoms with Crippen molar-refractivity contribution in [2.45, 2.75) is 39.7 Å². The fourth-order valence-corrected chi connectivity index (χ4v) is 2.86. The largest absolute Gasteiger partial charge is 0.456 e. The number of hydrogen-bond donors (Lipinski definition) is 1. The number of amides is 1. The lowest BCUT2D eigenvalue weighted by atomic mass is 9.98. The van der Waals surface area contributed by atoms with E-state index in [-0.39, 0.29) is 18.3 Å². The van der Waals surface area contributed by atoms with Gasteiger partial charge in [0.15, 0.2) is 12.4 Å². The first-order valence-electron chi connectivity index (χ1n) is 9.70. The van der Waals surface area contributed by atoms with Gasteiger partial charge in [0.2, 0.25) is 0 Å². The maximum absolute atomic E-state index is 12.6. The summed E-state index contributed by atoms with van der Waals surface area (Å²) in [4.78, 5) is 37.4. The van der Waals surface area contributed by atoms with Gasteiger partial charge in [-0.05, 0) is 42.2 Å². The number of halogens is 1. The van der Waals surface area contributed by atoms with E-state index in [4.69, 9.17) is 16.3 Å². The standard InChI is InChI=1S/C23H26ClNO4/c1-4-15(3)21(25-22(27)18-10-12-19(24)13-11-18)23(28)29-14-20(26)17-8-6-16(5-2)7-9-17/h6-13,15,21H,4-5,14H2,1-3H3,(H,25,27)/t15-,21-/m0/s1. The molecule has 0 bridgehead atoms. The summed E-state index contributed by atoms with van der Waals surface area (Å²) in [6.45, 7) is 5.43. The molecule has 0 spiro atoms. The van der Waals surface area contributed by atoms with Crippen molar-refractivity contribution in [1.82, 2.24) is 5.32 Å². The third-order valence-electron chi connectivity index (χ3n) is 4.89. The zero-order valence-corrected chi connectivity index (χ0v) is 17.7. The first-order chi connectivity index (χ1) is 13.8. The molecule has 0 saturated carbocycles. The molecule has 0 unspecified atom stereocenters. The second kappa shape index (κ2) is 10.8. The second-order valence-corrected chi connectivity index (χ2v) is 7.36. The number of carbonyl (C=O) groups is 3. The molecule has 2 atom stereocenters. The van der Waals surface area contributed by atoms with E-state index in [0.29, 0.717) is 22.6 Å². The Morgan fingerprint density at radius 2 is 1.55 bits per heavy atom. The molecular formula is C23H26ClNO4. The lowest BCUT2D eigenvalue weighted by molar-refractivity contribution is -0.146. The van der Waals surface area contributed by atoms with E-state index in [1.54, 1.807) is 36.4 Å². The van der Waals surface area contributed by atoms with E-state index in [2.05, 4.69) is 5.32 Å². The van der Waals surface area contributed by atoms with Gasteiger partial charge in [-0.1, -0.05) is 63.1 Å². The molecule has 0 aliphatic heterocycles. The molecule has 0 heterocycles. The van der Waals surface area contributed by atoms with Crippen LogP contribution in [-0.4, -0.2) is 30.3 Å². The van der Waals surface area contributed by atoms with Crippen LogP contribution < -0.4 is 5.32 Å². The number of ketones is 1. The maximum Gasteiger partial charge on any atom is 0.329 e. The normalized spacial score (nSPS) is 12.7. The Balaban J connectivity index is 2.01. The number of rotatable bonds is 9. The molecule has 0 aliphatic carbocycles. The summed E-state index contributed by atoms with van der Waals surface area (Å²) in [5, 5.41) is 3.23. The third-order valence-corrected chi connectivity index (χ3v) is 5.14. The van der Waals surface area contributed by atoms with E-state index in [9.17, 15) is 14.4 Å². The highest BCUT2D eigenvalue weighted by molar-refractivity contribution is 6.30. The summed E-state index contributed by atoms with van der Waals surface area (Å²) in [6, 6.07) is 12.7. The van der Waals surface area contributed by atoms with Crippen LogP contribution in [-0.2, 0) is 16.0 Å². The van der Waals surface area contributed by atoms with Gasteiger partial charge in [0.05, 0.1) is 0 Å². The topological polar surface area (TPSA) is 72.5 Å². The van der Waals surface area contributed by atoms with Gasteiger partial charge < -0.3 is 10.1 Å². The molecule has 0 radical (unpaired) electrons. The smallest absolute Gasteiger partial charge is 0.329 e. The van der Waals surface area contributed by atoms with E-state index in [0.717, 1.165) is 12.0 Å². The molecule has 154 valence electrons. The van der Waals surface area contributed by atoms with Gasteiger partial charge in [-0.2, -0.15) is 0 Å². The van der Waals surface area contributed by atoms with Crippen LogP contribution in [0.1, 0.15) is 53.5 Å². The zero-order chi connectivity index (χ0) is 21.4. The van der Waals surface area contributed by atoms with Crippen LogP contribution in [0.25, 0.3) is 0 Å². The number of carbonyl (C=O) groups excluding carboxylic acids is 3. The predicted molar refractivity (Wildman–Crippen MR) is 113 cm³/mol. The van der Waals surface area contributed by atoms with Crippen molar-refractivity contribution in [2.75, 3.05) is 6.61 Å². The SMILES string of the molecule is CCc1ccc(C(=O)COC(=O)[C@@H](NC(=O)c2ccc(Cl)cc2)[C@@H](C)CC)cc1. The van der Waals surface area contributed by atoms with Crippen LogP contribution in [0.15, 0.2) is 48.5 Å². The minimum atomic E-state index is -0.849. The van der Waals surface area contributed by atoms with Crippen LogP contribution in [0.3, 0.4) is 0 Å². The van der Waals surface area contributed by atoms with Gasteiger partial charge in [-0.3, -0.25) is 9.59 Å². The molecule has 6 heteroatoms. The van der Waals surface area contributed by atoms with Gasteiger partial charge in [-0.15, -0.1) is 0 Å². The Morgan fingerprint density at radius 1 is 0.966 bits per heavy atom. The highest BCUT2D eigenvalue weighted by Gasteiger charge is 2.28. The van der Waals surface area contributed by atoms with Crippen LogP contribution >= 0.6 is 11.6 Å². The average molecular weight is 416 g/mol. The van der Waals surface area contributed by atoms with E-state index < -0.39 is 17.9 Å². The second-order valence-electron chi connectivity index (χ2n) is 6.92. The first-order valence-corrected chi connectivity index (χ1v) is 10.1. The molecule has 0 aromatic heterocycles. The minimum absolute atomic E-state index is 0.155. The van der Waals surface area contributed by atoms with Gasteiger partial charge in [0, 0.05) is 16.1 Å². The van der Waals surface area contributed by atoms with Gasteiger partial charge >= 0.3 is 5.97 Å². The molecule has 2 aromatic rings. The zero-order valence-electron chi connectivity index (χ0n) is 16.9. The summed E-state index contributed by atoms with van der Waals surface area (Å²) in [6.07, 6.45) is 1.54. The summed E-state index contributed by atoms with van der Waals surface area (Å²) < 4.78 is 5.23. The van der Waals surface area contributed by atoms with Gasteiger partial charge in [-0.25, -0.2) is 4.79 Å². The van der Waals surface area contributed by atoms with Crippen molar-refractivity contribution in [3.8, 4) is 0 Å². The lowest BCUT2D eigenvalue weighted by Gasteiger charge is -2.22. The van der Waals surface area contributed by atoms with Gasteiger partial charge in [0.1, 0.15) is 6.04 Å². The average Bonchev–Trinajstić information content (AvgIpc) is 2.75. The first kappa shape index (κ1) is 22.6. The van der Waals surface area contributed by atoms with Crippen molar-refractivity contribution in [2.24, 2.45) is 5.92 Å². The number of esters is 1. The number of aryl methyl sites for hydroxylation is 1. The Hall–Kier alpha value is -2.66. The third kappa shape index (κ3) is 6.43. The van der Waals surface area contributed by atoms with Crippen molar-refractivity contribution >= 4 is 29.3 Å². The Kier molecular flexibility index (Phi) is 8.40. The molecule has 0 saturated heterocycles. The van der Waals surface area contributed by atoms with Crippen molar-refractivity contribution in [3.05, 3.63) is 70.2 Å². The molecule has 29 heavy (non-hydrogen) atoms. The summed E-state index contributed by atoms with van der Waals surface area (Å²) in [5.74, 6) is -1.46. The Labute approximate surface area is 176 Å². The number of benzene rings is 2. The number of ether oxygens (including phenoxy) is 1. The van der Waals surface area contributed by atoms with Crippen molar-refractivity contribution in [3.63, 3.8) is 0 Å². The van der Waals surface area contributed by atoms with Gasteiger partial charge in [0.25, 0.3) is 5.91 Å². The predicted octanol–water partition coefficient (Wildman–Crippen LogP) is 4.47. The molecule has 1 amide bonds. The van der Waals surface area contributed by atoms with Crippen molar-refractivity contribution < 1.29 is 19.1 Å². The molecule has 0 aliphatic rings.